The monoisotopic (exact) mass is 380 g/mol. The van der Waals surface area contributed by atoms with Crippen LogP contribution in [-0.4, -0.2) is 92.2 Å². The van der Waals surface area contributed by atoms with E-state index in [1.807, 2.05) is 4.90 Å². The van der Waals surface area contributed by atoms with E-state index in [1.165, 1.54) is 4.90 Å². The van der Waals surface area contributed by atoms with Crippen LogP contribution in [0.1, 0.15) is 6.42 Å². The van der Waals surface area contributed by atoms with Gasteiger partial charge in [-0.1, -0.05) is 0 Å². The van der Waals surface area contributed by atoms with E-state index in [1.54, 1.807) is 0 Å². The van der Waals surface area contributed by atoms with Crippen LogP contribution in [0.15, 0.2) is 0 Å². The van der Waals surface area contributed by atoms with Crippen LogP contribution in [0.3, 0.4) is 0 Å². The third kappa shape index (κ3) is 8.39. The second-order valence-electron chi connectivity index (χ2n) is 5.61. The third-order valence-corrected chi connectivity index (χ3v) is 3.98. The van der Waals surface area contributed by atoms with Crippen molar-refractivity contribution in [2.24, 2.45) is 0 Å². The summed E-state index contributed by atoms with van der Waals surface area (Å²) in [5.74, 6) is 0.147. The van der Waals surface area contributed by atoms with Crippen molar-refractivity contribution >= 4 is 30.7 Å². The highest BCUT2D eigenvalue weighted by molar-refractivity contribution is 5.85. The molecule has 2 rings (SSSR count). The Kier molecular flexibility index (Phi) is 10.4. The van der Waals surface area contributed by atoms with Crippen molar-refractivity contribution in [1.82, 2.24) is 20.0 Å². The number of carbonyl (C=O) groups is 1. The SMILES string of the molecule is Cl.Cl.O=C(CCN1CCN(CC(F)(F)F)CC1)N1CCNCC1. The lowest BCUT2D eigenvalue weighted by atomic mass is 10.2. The number of hydrogen-bond donors (Lipinski definition) is 1. The highest BCUT2D eigenvalue weighted by Crippen LogP contribution is 2.17. The van der Waals surface area contributed by atoms with Crippen LogP contribution in [0.4, 0.5) is 13.2 Å². The third-order valence-electron chi connectivity index (χ3n) is 3.98. The summed E-state index contributed by atoms with van der Waals surface area (Å²) >= 11 is 0. The van der Waals surface area contributed by atoms with Crippen LogP contribution >= 0.6 is 24.8 Å². The Balaban J connectivity index is 0.00000242. The molecule has 0 unspecified atom stereocenters. The number of carbonyl (C=O) groups excluding carboxylic acids is 1. The molecule has 10 heteroatoms. The molecule has 0 spiro atoms. The number of piperazine rings is 2. The summed E-state index contributed by atoms with van der Waals surface area (Å²) in [5, 5.41) is 3.20. The maximum Gasteiger partial charge on any atom is 0.401 e. The molecule has 2 saturated heterocycles. The van der Waals surface area contributed by atoms with Gasteiger partial charge in [-0.2, -0.15) is 13.2 Å². The lowest BCUT2D eigenvalue weighted by Gasteiger charge is -2.35. The molecule has 0 aromatic heterocycles. The molecule has 5 nitrogen and oxygen atoms in total. The number of rotatable bonds is 4. The molecule has 0 atom stereocenters. The van der Waals surface area contributed by atoms with Crippen molar-refractivity contribution in [3.05, 3.63) is 0 Å². The molecule has 0 bridgehead atoms. The standard InChI is InChI=1S/C13H23F3N4O.2ClH/c14-13(15,16)11-19-9-7-18(8-10-19)4-1-12(21)20-5-2-17-3-6-20;;/h17H,1-11H2;2*1H. The van der Waals surface area contributed by atoms with Crippen molar-refractivity contribution in [3.8, 4) is 0 Å². The second-order valence-corrected chi connectivity index (χ2v) is 5.61. The molecule has 138 valence electrons. The maximum atomic E-state index is 12.3. The van der Waals surface area contributed by atoms with Crippen molar-refractivity contribution in [2.75, 3.05) is 65.4 Å². The van der Waals surface area contributed by atoms with Gasteiger partial charge in [-0.3, -0.25) is 9.69 Å². The number of nitrogens with zero attached hydrogens (tertiary/aromatic N) is 3. The molecule has 0 radical (unpaired) electrons. The van der Waals surface area contributed by atoms with E-state index in [0.29, 0.717) is 39.1 Å². The topological polar surface area (TPSA) is 38.8 Å². The molecule has 0 aromatic carbocycles. The van der Waals surface area contributed by atoms with Gasteiger partial charge in [-0.15, -0.1) is 24.8 Å². The van der Waals surface area contributed by atoms with Crippen LogP contribution in [-0.2, 0) is 4.79 Å². The van der Waals surface area contributed by atoms with Gasteiger partial charge in [0.05, 0.1) is 6.54 Å². The van der Waals surface area contributed by atoms with Gasteiger partial charge in [0.25, 0.3) is 0 Å². The van der Waals surface area contributed by atoms with Crippen molar-refractivity contribution in [3.63, 3.8) is 0 Å². The number of amides is 1. The fraction of sp³-hybridized carbons (Fsp3) is 0.923. The van der Waals surface area contributed by atoms with Gasteiger partial charge in [-0.25, -0.2) is 0 Å². The van der Waals surface area contributed by atoms with Crippen LogP contribution in [0.2, 0.25) is 0 Å². The Labute approximate surface area is 147 Å². The zero-order valence-electron chi connectivity index (χ0n) is 13.0. The van der Waals surface area contributed by atoms with Crippen LogP contribution < -0.4 is 5.32 Å². The smallest absolute Gasteiger partial charge is 0.340 e. The molecular formula is C13H25Cl2F3N4O. The van der Waals surface area contributed by atoms with Crippen molar-refractivity contribution in [1.29, 1.82) is 0 Å². The predicted octanol–water partition coefficient (Wildman–Crippen LogP) is 0.832. The highest BCUT2D eigenvalue weighted by atomic mass is 35.5. The lowest BCUT2D eigenvalue weighted by molar-refractivity contribution is -0.149. The Morgan fingerprint density at radius 3 is 1.96 bits per heavy atom. The van der Waals surface area contributed by atoms with E-state index in [-0.39, 0.29) is 30.7 Å². The summed E-state index contributed by atoms with van der Waals surface area (Å²) in [5.41, 5.74) is 0. The van der Waals surface area contributed by atoms with E-state index in [0.717, 1.165) is 26.2 Å². The molecule has 0 saturated carbocycles. The molecule has 0 aromatic rings. The van der Waals surface area contributed by atoms with Gasteiger partial charge >= 0.3 is 6.18 Å². The molecule has 2 aliphatic heterocycles. The largest absolute Gasteiger partial charge is 0.401 e. The van der Waals surface area contributed by atoms with E-state index < -0.39 is 12.7 Å². The van der Waals surface area contributed by atoms with Crippen molar-refractivity contribution in [2.45, 2.75) is 12.6 Å². The zero-order valence-corrected chi connectivity index (χ0v) is 14.6. The van der Waals surface area contributed by atoms with Gasteiger partial charge < -0.3 is 15.1 Å². The van der Waals surface area contributed by atoms with Gasteiger partial charge in [0.2, 0.25) is 5.91 Å². The quantitative estimate of drug-likeness (QED) is 0.783. The van der Waals surface area contributed by atoms with E-state index in [4.69, 9.17) is 0 Å². The molecule has 2 fully saturated rings. The van der Waals surface area contributed by atoms with Crippen molar-refractivity contribution < 1.29 is 18.0 Å². The van der Waals surface area contributed by atoms with Gasteiger partial charge in [0.15, 0.2) is 0 Å². The molecule has 2 aliphatic rings. The fourth-order valence-corrected chi connectivity index (χ4v) is 2.75. The maximum absolute atomic E-state index is 12.3. The first-order chi connectivity index (χ1) is 9.94. The minimum atomic E-state index is -4.12. The number of nitrogens with one attached hydrogen (secondary N) is 1. The molecule has 2 heterocycles. The summed E-state index contributed by atoms with van der Waals surface area (Å²) in [6.07, 6.45) is -3.67. The van der Waals surface area contributed by atoms with Gasteiger partial charge in [0, 0.05) is 65.3 Å². The molecule has 1 N–H and O–H groups in total. The number of alkyl halides is 3. The van der Waals surface area contributed by atoms with Crippen LogP contribution in [0, 0.1) is 0 Å². The predicted molar refractivity (Wildman–Crippen MR) is 87.5 cm³/mol. The van der Waals surface area contributed by atoms with E-state index in [9.17, 15) is 18.0 Å². The average Bonchev–Trinajstić information content (AvgIpc) is 2.45. The Hall–Kier alpha value is -0.280. The minimum absolute atomic E-state index is 0. The summed E-state index contributed by atoms with van der Waals surface area (Å²) < 4.78 is 36.9. The number of halogens is 5. The Bertz CT molecular complexity index is 347. The summed E-state index contributed by atoms with van der Waals surface area (Å²) in [6, 6.07) is 0. The summed E-state index contributed by atoms with van der Waals surface area (Å²) in [7, 11) is 0. The summed E-state index contributed by atoms with van der Waals surface area (Å²) in [6.45, 7) is 5.02. The molecular weight excluding hydrogens is 356 g/mol. The zero-order chi connectivity index (χ0) is 15.3. The first kappa shape index (κ1) is 22.7. The second kappa shape index (κ2) is 10.6. The Morgan fingerprint density at radius 2 is 1.43 bits per heavy atom. The van der Waals surface area contributed by atoms with Gasteiger partial charge in [-0.05, 0) is 0 Å². The van der Waals surface area contributed by atoms with Crippen LogP contribution in [0.25, 0.3) is 0 Å². The van der Waals surface area contributed by atoms with Crippen LogP contribution in [0.5, 0.6) is 0 Å². The number of hydrogen-bond acceptors (Lipinski definition) is 4. The molecule has 1 amide bonds. The first-order valence-corrected chi connectivity index (χ1v) is 7.44. The molecule has 0 aliphatic carbocycles. The van der Waals surface area contributed by atoms with E-state index in [2.05, 4.69) is 10.2 Å². The highest BCUT2D eigenvalue weighted by Gasteiger charge is 2.32. The van der Waals surface area contributed by atoms with Gasteiger partial charge in [0.1, 0.15) is 0 Å². The normalized spacial score (nSPS) is 20.6. The summed E-state index contributed by atoms with van der Waals surface area (Å²) in [4.78, 5) is 17.4. The Morgan fingerprint density at radius 1 is 0.913 bits per heavy atom. The van der Waals surface area contributed by atoms with E-state index >= 15 is 0 Å². The molecule has 23 heavy (non-hydrogen) atoms. The average molecular weight is 381 g/mol. The fourth-order valence-electron chi connectivity index (χ4n) is 2.75. The minimum Gasteiger partial charge on any atom is -0.340 e. The lowest BCUT2D eigenvalue weighted by Crippen LogP contribution is -2.50. The first-order valence-electron chi connectivity index (χ1n) is 7.44.